The smallest absolute Gasteiger partial charge is 0.155 e. The van der Waals surface area contributed by atoms with Crippen LogP contribution in [0.4, 0.5) is 0 Å². The lowest BCUT2D eigenvalue weighted by molar-refractivity contribution is -0.132. The molecule has 0 unspecified atom stereocenters. The zero-order valence-corrected chi connectivity index (χ0v) is 16.9. The van der Waals surface area contributed by atoms with Gasteiger partial charge in [0.25, 0.3) is 0 Å². The van der Waals surface area contributed by atoms with Crippen molar-refractivity contribution in [2.24, 2.45) is 35.0 Å². The van der Waals surface area contributed by atoms with E-state index in [0.717, 1.165) is 50.8 Å². The van der Waals surface area contributed by atoms with Crippen LogP contribution in [0.2, 0.25) is 0 Å². The van der Waals surface area contributed by atoms with Gasteiger partial charge in [0.2, 0.25) is 0 Å². The molecule has 0 aromatic heterocycles. The minimum Gasteiger partial charge on any atom is -0.299 e. The van der Waals surface area contributed by atoms with Gasteiger partial charge >= 0.3 is 0 Å². The van der Waals surface area contributed by atoms with E-state index >= 15 is 0 Å². The number of carbonyl (C=O) groups excluding carboxylic acids is 2. The number of hydrogen-bond donors (Lipinski definition) is 0. The van der Waals surface area contributed by atoms with Crippen molar-refractivity contribution in [2.75, 3.05) is 5.88 Å². The van der Waals surface area contributed by atoms with Gasteiger partial charge in [-0.2, -0.15) is 0 Å². The van der Waals surface area contributed by atoms with Gasteiger partial charge < -0.3 is 0 Å². The Hall–Kier alpha value is -0.630. The number of fused-ring (bicyclic) bond motifs is 5. The monoisotopic (exact) mass is 376 g/mol. The van der Waals surface area contributed by atoms with Crippen LogP contribution in [0.15, 0.2) is 11.6 Å². The van der Waals surface area contributed by atoms with Crippen molar-refractivity contribution in [1.82, 2.24) is 0 Å². The zero-order valence-electron chi connectivity index (χ0n) is 16.1. The van der Waals surface area contributed by atoms with Crippen LogP contribution in [-0.4, -0.2) is 17.4 Å². The Balaban J connectivity index is 1.60. The van der Waals surface area contributed by atoms with Crippen molar-refractivity contribution in [2.45, 2.75) is 77.6 Å². The van der Waals surface area contributed by atoms with E-state index in [9.17, 15) is 9.59 Å². The predicted molar refractivity (Wildman–Crippen MR) is 105 cm³/mol. The lowest BCUT2D eigenvalue weighted by atomic mass is 9.49. The van der Waals surface area contributed by atoms with Crippen molar-refractivity contribution in [3.63, 3.8) is 0 Å². The fourth-order valence-corrected chi connectivity index (χ4v) is 7.31. The molecular formula is C23H33ClO2. The Labute approximate surface area is 163 Å². The number of hydrogen-bond acceptors (Lipinski definition) is 2. The standard InChI is InChI=1S/C23H33ClO2/c1-23-11-10-19-18-7-6-17(25)14-16(18)13-15(5-3-2-4-12-24)22(19)20(23)8-9-21(23)26/h14-15,18-20,22H,2-13H2,1H3/t15-,18+,19-,20+,22-,23+/m1/s1. The van der Waals surface area contributed by atoms with E-state index < -0.39 is 0 Å². The van der Waals surface area contributed by atoms with E-state index in [0.29, 0.717) is 41.2 Å². The van der Waals surface area contributed by atoms with Crippen LogP contribution in [0.5, 0.6) is 0 Å². The first-order chi connectivity index (χ1) is 12.5. The number of carbonyl (C=O) groups is 2. The van der Waals surface area contributed by atoms with Crippen LogP contribution >= 0.6 is 11.6 Å². The molecule has 2 nitrogen and oxygen atoms in total. The molecule has 6 atom stereocenters. The van der Waals surface area contributed by atoms with Gasteiger partial charge in [-0.1, -0.05) is 25.3 Å². The molecule has 4 rings (SSSR count). The second-order valence-electron chi connectivity index (χ2n) is 9.60. The third-order valence-electron chi connectivity index (χ3n) is 8.39. The summed E-state index contributed by atoms with van der Waals surface area (Å²) in [6.45, 7) is 2.27. The van der Waals surface area contributed by atoms with Crippen molar-refractivity contribution < 1.29 is 9.59 Å². The predicted octanol–water partition coefficient (Wildman–Crippen LogP) is 5.72. The summed E-state index contributed by atoms with van der Waals surface area (Å²) in [5, 5.41) is 0. The molecule has 26 heavy (non-hydrogen) atoms. The van der Waals surface area contributed by atoms with Gasteiger partial charge in [-0.25, -0.2) is 0 Å². The van der Waals surface area contributed by atoms with Crippen LogP contribution in [0.25, 0.3) is 0 Å². The average Bonchev–Trinajstić information content (AvgIpc) is 2.93. The maximum Gasteiger partial charge on any atom is 0.155 e. The molecule has 0 saturated heterocycles. The lowest BCUT2D eigenvalue weighted by Crippen LogP contribution is -2.50. The maximum atomic E-state index is 12.7. The van der Waals surface area contributed by atoms with E-state index in [-0.39, 0.29) is 5.41 Å². The summed E-state index contributed by atoms with van der Waals surface area (Å²) in [6.07, 6.45) is 13.9. The second-order valence-corrected chi connectivity index (χ2v) is 9.98. The summed E-state index contributed by atoms with van der Waals surface area (Å²) >= 11 is 5.86. The molecule has 0 N–H and O–H groups in total. The molecule has 0 aliphatic heterocycles. The van der Waals surface area contributed by atoms with Crippen LogP contribution in [0.1, 0.15) is 77.6 Å². The Morgan fingerprint density at radius 1 is 1.12 bits per heavy atom. The van der Waals surface area contributed by atoms with E-state index in [1.165, 1.54) is 31.3 Å². The molecule has 0 aromatic carbocycles. The largest absolute Gasteiger partial charge is 0.299 e. The highest BCUT2D eigenvalue weighted by molar-refractivity contribution is 6.17. The number of halogens is 1. The normalized spacial score (nSPS) is 42.1. The number of Topliss-reactive ketones (excluding diaryl/α,β-unsaturated/α-hetero) is 1. The molecule has 0 heterocycles. The molecule has 0 spiro atoms. The molecule has 4 aliphatic rings. The summed E-state index contributed by atoms with van der Waals surface area (Å²) in [6, 6.07) is 0. The van der Waals surface area contributed by atoms with Crippen molar-refractivity contribution in [3.05, 3.63) is 11.6 Å². The summed E-state index contributed by atoms with van der Waals surface area (Å²) in [5.74, 6) is 4.92. The summed E-state index contributed by atoms with van der Waals surface area (Å²) in [7, 11) is 0. The minimum atomic E-state index is -0.0543. The molecule has 3 fully saturated rings. The first-order valence-electron chi connectivity index (χ1n) is 10.9. The Bertz CT molecular complexity index is 609. The first-order valence-corrected chi connectivity index (χ1v) is 11.4. The molecule has 4 aliphatic carbocycles. The molecular weight excluding hydrogens is 344 g/mol. The summed E-state index contributed by atoms with van der Waals surface area (Å²) in [4.78, 5) is 24.7. The number of rotatable bonds is 5. The highest BCUT2D eigenvalue weighted by Gasteiger charge is 2.58. The first kappa shape index (κ1) is 18.7. The van der Waals surface area contributed by atoms with Crippen LogP contribution in [0, 0.1) is 35.0 Å². The molecule has 3 heteroatoms. The molecule has 3 saturated carbocycles. The SMILES string of the molecule is C[C@]12CC[C@H]3[C@@H]([C@H](CCCCCCl)CC4=CC(=O)CC[C@@H]43)[C@@H]1CCC2=O. The van der Waals surface area contributed by atoms with Gasteiger partial charge in [-0.15, -0.1) is 11.6 Å². The summed E-state index contributed by atoms with van der Waals surface area (Å²) < 4.78 is 0. The number of ketones is 2. The molecule has 0 aromatic rings. The molecule has 144 valence electrons. The zero-order chi connectivity index (χ0) is 18.3. The van der Waals surface area contributed by atoms with Gasteiger partial charge in [-0.05, 0) is 80.6 Å². The van der Waals surface area contributed by atoms with E-state index in [1.807, 2.05) is 6.08 Å². The average molecular weight is 377 g/mol. The summed E-state index contributed by atoms with van der Waals surface area (Å²) in [5.41, 5.74) is 1.40. The van der Waals surface area contributed by atoms with E-state index in [2.05, 4.69) is 6.92 Å². The number of unbranched alkanes of at least 4 members (excludes halogenated alkanes) is 2. The van der Waals surface area contributed by atoms with Gasteiger partial charge in [0.15, 0.2) is 5.78 Å². The highest BCUT2D eigenvalue weighted by atomic mass is 35.5. The second kappa shape index (κ2) is 7.41. The molecule has 0 amide bonds. The quantitative estimate of drug-likeness (QED) is 0.454. The fourth-order valence-electron chi connectivity index (χ4n) is 7.12. The van der Waals surface area contributed by atoms with Crippen LogP contribution < -0.4 is 0 Å². The van der Waals surface area contributed by atoms with E-state index in [1.54, 1.807) is 0 Å². The third-order valence-corrected chi connectivity index (χ3v) is 8.65. The Kier molecular flexibility index (Phi) is 5.34. The third kappa shape index (κ3) is 3.11. The highest BCUT2D eigenvalue weighted by Crippen LogP contribution is 2.62. The fraction of sp³-hybridized carbons (Fsp3) is 0.826. The topological polar surface area (TPSA) is 34.1 Å². The van der Waals surface area contributed by atoms with Gasteiger partial charge in [0.1, 0.15) is 5.78 Å². The van der Waals surface area contributed by atoms with Gasteiger partial charge in [-0.3, -0.25) is 9.59 Å². The van der Waals surface area contributed by atoms with E-state index in [4.69, 9.17) is 11.6 Å². The van der Waals surface area contributed by atoms with Crippen LogP contribution in [-0.2, 0) is 9.59 Å². The Morgan fingerprint density at radius 2 is 1.96 bits per heavy atom. The minimum absolute atomic E-state index is 0.0543. The number of allylic oxidation sites excluding steroid dienone is 1. The molecule has 0 radical (unpaired) electrons. The Morgan fingerprint density at radius 3 is 2.77 bits per heavy atom. The van der Waals surface area contributed by atoms with Gasteiger partial charge in [0.05, 0.1) is 0 Å². The number of alkyl halides is 1. The maximum absolute atomic E-state index is 12.7. The van der Waals surface area contributed by atoms with Crippen LogP contribution in [0.3, 0.4) is 0 Å². The van der Waals surface area contributed by atoms with Crippen molar-refractivity contribution in [1.29, 1.82) is 0 Å². The van der Waals surface area contributed by atoms with Crippen molar-refractivity contribution in [3.8, 4) is 0 Å². The molecule has 0 bridgehead atoms. The van der Waals surface area contributed by atoms with Gasteiger partial charge in [0, 0.05) is 24.1 Å². The lowest BCUT2D eigenvalue weighted by Gasteiger charge is -2.55. The van der Waals surface area contributed by atoms with Crippen molar-refractivity contribution >= 4 is 23.2 Å².